The molecular formula is C66H42N4O. The SMILES string of the molecule is C1=C(c2cccc3ccccc23)N=C(c2ccc3c4ccccc4n(-c4ccccc4)c3c2)N=C(c2cc(-n3c4ccccc4c4cc5ccccc5cc43)c3c(c2)oc2cc4ccccc4cc23)CC1. The molecule has 332 valence electrons. The highest BCUT2D eigenvalue weighted by Gasteiger charge is 2.23. The van der Waals surface area contributed by atoms with Crippen LogP contribution >= 0.6 is 0 Å². The van der Waals surface area contributed by atoms with E-state index >= 15 is 0 Å². The van der Waals surface area contributed by atoms with Crippen LogP contribution in [0.5, 0.6) is 0 Å². The molecule has 0 amide bonds. The Morgan fingerprint density at radius 2 is 0.986 bits per heavy atom. The largest absolute Gasteiger partial charge is 0.456 e. The Balaban J connectivity index is 1.01. The second kappa shape index (κ2) is 15.6. The van der Waals surface area contributed by atoms with Crippen LogP contribution in [-0.2, 0) is 0 Å². The first kappa shape index (κ1) is 39.7. The number of para-hydroxylation sites is 3. The van der Waals surface area contributed by atoms with Crippen molar-refractivity contribution in [2.75, 3.05) is 0 Å². The Hall–Kier alpha value is -9.32. The molecule has 0 saturated heterocycles. The van der Waals surface area contributed by atoms with Gasteiger partial charge >= 0.3 is 0 Å². The molecule has 3 aromatic heterocycles. The molecule has 1 aliphatic heterocycles. The summed E-state index contributed by atoms with van der Waals surface area (Å²) in [5, 5.41) is 14.0. The number of aromatic nitrogens is 2. The molecule has 14 aromatic rings. The first-order valence-corrected chi connectivity index (χ1v) is 24.4. The van der Waals surface area contributed by atoms with E-state index in [-0.39, 0.29) is 0 Å². The van der Waals surface area contributed by atoms with E-state index in [1.807, 2.05) is 0 Å². The van der Waals surface area contributed by atoms with Crippen molar-refractivity contribution < 1.29 is 4.42 Å². The van der Waals surface area contributed by atoms with Crippen molar-refractivity contribution in [1.82, 2.24) is 9.13 Å². The highest BCUT2D eigenvalue weighted by molar-refractivity contribution is 6.22. The number of allylic oxidation sites excluding steroid dienone is 1. The average Bonchev–Trinajstić information content (AvgIpc) is 4.06. The maximum atomic E-state index is 7.03. The summed E-state index contributed by atoms with van der Waals surface area (Å²) in [7, 11) is 0. The Morgan fingerprint density at radius 3 is 1.77 bits per heavy atom. The van der Waals surface area contributed by atoms with Gasteiger partial charge in [0, 0.05) is 49.3 Å². The van der Waals surface area contributed by atoms with E-state index in [0.29, 0.717) is 12.3 Å². The number of rotatable bonds is 5. The second-order valence-electron chi connectivity index (χ2n) is 18.8. The number of furan rings is 1. The zero-order valence-electron chi connectivity index (χ0n) is 38.6. The number of benzene rings is 11. The zero-order chi connectivity index (χ0) is 46.6. The minimum absolute atomic E-state index is 0.659. The smallest absolute Gasteiger partial charge is 0.160 e. The van der Waals surface area contributed by atoms with Gasteiger partial charge in [-0.25, -0.2) is 9.98 Å². The Bertz CT molecular complexity index is 4630. The molecule has 71 heavy (non-hydrogen) atoms. The monoisotopic (exact) mass is 906 g/mol. The van der Waals surface area contributed by atoms with Crippen LogP contribution in [0.2, 0.25) is 0 Å². The molecule has 4 heterocycles. The van der Waals surface area contributed by atoms with Gasteiger partial charge in [0.25, 0.3) is 0 Å². The van der Waals surface area contributed by atoms with Crippen molar-refractivity contribution in [2.24, 2.45) is 9.98 Å². The van der Waals surface area contributed by atoms with E-state index in [2.05, 4.69) is 240 Å². The maximum absolute atomic E-state index is 7.03. The Morgan fingerprint density at radius 1 is 0.380 bits per heavy atom. The van der Waals surface area contributed by atoms with Crippen LogP contribution in [0.25, 0.3) is 115 Å². The first-order chi connectivity index (χ1) is 35.2. The van der Waals surface area contributed by atoms with Crippen LogP contribution in [-0.4, -0.2) is 20.7 Å². The van der Waals surface area contributed by atoms with Crippen molar-refractivity contribution >= 4 is 115 Å². The van der Waals surface area contributed by atoms with Gasteiger partial charge in [-0.15, -0.1) is 0 Å². The molecule has 5 nitrogen and oxygen atoms in total. The number of hydrogen-bond donors (Lipinski definition) is 0. The molecule has 0 fully saturated rings. The van der Waals surface area contributed by atoms with E-state index in [4.69, 9.17) is 14.4 Å². The molecule has 5 heteroatoms. The number of aliphatic imine (C=N–C) groups is 2. The van der Waals surface area contributed by atoms with Crippen molar-refractivity contribution in [3.8, 4) is 11.4 Å². The molecule has 0 unspecified atom stereocenters. The molecule has 0 atom stereocenters. The van der Waals surface area contributed by atoms with E-state index < -0.39 is 0 Å². The van der Waals surface area contributed by atoms with Gasteiger partial charge in [0.2, 0.25) is 0 Å². The van der Waals surface area contributed by atoms with Gasteiger partial charge in [0.1, 0.15) is 11.2 Å². The quantitative estimate of drug-likeness (QED) is 0.170. The lowest BCUT2D eigenvalue weighted by atomic mass is 9.98. The molecule has 0 N–H and O–H groups in total. The summed E-state index contributed by atoms with van der Waals surface area (Å²) in [5.74, 6) is 0.659. The van der Waals surface area contributed by atoms with Gasteiger partial charge in [-0.1, -0.05) is 164 Å². The van der Waals surface area contributed by atoms with Gasteiger partial charge in [-0.05, 0) is 112 Å². The third-order valence-corrected chi connectivity index (χ3v) is 14.7. The number of nitrogens with zero attached hydrogens (tertiary/aromatic N) is 4. The lowest BCUT2D eigenvalue weighted by Crippen LogP contribution is -2.10. The topological polar surface area (TPSA) is 47.7 Å². The lowest BCUT2D eigenvalue weighted by molar-refractivity contribution is 0.669. The predicted octanol–water partition coefficient (Wildman–Crippen LogP) is 17.3. The summed E-state index contributed by atoms with van der Waals surface area (Å²) in [4.78, 5) is 11.4. The van der Waals surface area contributed by atoms with Crippen LogP contribution in [0.1, 0.15) is 29.5 Å². The fourth-order valence-electron chi connectivity index (χ4n) is 11.5. The van der Waals surface area contributed by atoms with Gasteiger partial charge in [-0.2, -0.15) is 0 Å². The highest BCUT2D eigenvalue weighted by atomic mass is 16.3. The summed E-state index contributed by atoms with van der Waals surface area (Å²) in [6.45, 7) is 0. The van der Waals surface area contributed by atoms with Crippen molar-refractivity contribution in [2.45, 2.75) is 12.8 Å². The van der Waals surface area contributed by atoms with Gasteiger partial charge in [0.15, 0.2) is 5.84 Å². The standard InChI is InChI=1S/C66H42N4O/c1-2-22-48(23-3-1)69-58-30-12-10-25-51(58)53-33-32-46(37-60(53)69)66-67-56(28-15-29-57(68-66)50-27-14-21-41-16-8-9-24-49(41)50)47-38-62(65-55-35-43-18-5-7-20-45(43)39-63(55)71-64(65)40-47)70-59-31-13-11-26-52(59)54-34-42-17-4-6-19-44(42)36-61(54)70/h1-14,16-27,29-40H,15,28H2. The van der Waals surface area contributed by atoms with Crippen LogP contribution in [0.3, 0.4) is 0 Å². The summed E-state index contributed by atoms with van der Waals surface area (Å²) >= 11 is 0. The van der Waals surface area contributed by atoms with Crippen LogP contribution in [0.15, 0.2) is 245 Å². The molecule has 15 rings (SSSR count). The van der Waals surface area contributed by atoms with Crippen molar-refractivity contribution in [3.63, 3.8) is 0 Å². The summed E-state index contributed by atoms with van der Waals surface area (Å²) < 4.78 is 11.9. The average molecular weight is 907 g/mol. The van der Waals surface area contributed by atoms with Crippen molar-refractivity contribution in [3.05, 3.63) is 247 Å². The third kappa shape index (κ3) is 6.26. The van der Waals surface area contributed by atoms with Gasteiger partial charge < -0.3 is 13.6 Å². The molecule has 0 saturated carbocycles. The minimum atomic E-state index is 0.659. The summed E-state index contributed by atoms with van der Waals surface area (Å²) in [5.41, 5.74) is 13.3. The molecule has 11 aromatic carbocycles. The third-order valence-electron chi connectivity index (χ3n) is 14.7. The van der Waals surface area contributed by atoms with E-state index in [0.717, 1.165) is 95.3 Å². The summed E-state index contributed by atoms with van der Waals surface area (Å²) in [6.07, 6.45) is 3.74. The first-order valence-electron chi connectivity index (χ1n) is 24.4. The number of hydrogen-bond acceptors (Lipinski definition) is 3. The van der Waals surface area contributed by atoms with Crippen LogP contribution < -0.4 is 0 Å². The fraction of sp³-hybridized carbons (Fsp3) is 0.0303. The molecule has 0 aliphatic carbocycles. The maximum Gasteiger partial charge on any atom is 0.160 e. The normalized spacial score (nSPS) is 13.5. The van der Waals surface area contributed by atoms with Crippen molar-refractivity contribution in [1.29, 1.82) is 0 Å². The van der Waals surface area contributed by atoms with Gasteiger partial charge in [-0.3, -0.25) is 0 Å². The van der Waals surface area contributed by atoms with Crippen LogP contribution in [0, 0.1) is 0 Å². The predicted molar refractivity (Wildman–Crippen MR) is 298 cm³/mol. The number of amidine groups is 1. The van der Waals surface area contributed by atoms with E-state index in [9.17, 15) is 0 Å². The molecule has 0 radical (unpaired) electrons. The lowest BCUT2D eigenvalue weighted by Gasteiger charge is -2.17. The Labute approximate surface area is 408 Å². The molecular weight excluding hydrogens is 865 g/mol. The van der Waals surface area contributed by atoms with E-state index in [1.165, 1.54) is 48.5 Å². The zero-order valence-corrected chi connectivity index (χ0v) is 38.6. The molecule has 0 spiro atoms. The minimum Gasteiger partial charge on any atom is -0.456 e. The van der Waals surface area contributed by atoms with Crippen LogP contribution in [0.4, 0.5) is 0 Å². The van der Waals surface area contributed by atoms with E-state index in [1.54, 1.807) is 0 Å². The highest BCUT2D eigenvalue weighted by Crippen LogP contribution is 2.42. The second-order valence-corrected chi connectivity index (χ2v) is 18.8. The number of fused-ring (bicyclic) bond motifs is 12. The Kier molecular flexibility index (Phi) is 8.72. The van der Waals surface area contributed by atoms with Gasteiger partial charge in [0.05, 0.1) is 44.5 Å². The molecule has 1 aliphatic rings. The molecule has 0 bridgehead atoms. The summed E-state index contributed by atoms with van der Waals surface area (Å²) in [6, 6.07) is 80.9. The fourth-order valence-corrected chi connectivity index (χ4v) is 11.5.